The van der Waals surface area contributed by atoms with Gasteiger partial charge in [0.05, 0.1) is 0 Å². The summed E-state index contributed by atoms with van der Waals surface area (Å²) < 4.78 is 5.35. The van der Waals surface area contributed by atoms with Gasteiger partial charge in [0.25, 0.3) is 0 Å². The van der Waals surface area contributed by atoms with Crippen molar-refractivity contribution in [1.29, 1.82) is 0 Å². The van der Waals surface area contributed by atoms with Crippen molar-refractivity contribution in [3.8, 4) is 11.8 Å². The number of rotatable bonds is 5. The maximum atomic E-state index is 11.1. The third-order valence-electron chi connectivity index (χ3n) is 3.53. The van der Waals surface area contributed by atoms with Gasteiger partial charge in [-0.05, 0) is 43.6 Å². The molecule has 18 heavy (non-hydrogen) atoms. The second-order valence-corrected chi connectivity index (χ2v) is 5.51. The van der Waals surface area contributed by atoms with Crippen molar-refractivity contribution in [2.24, 2.45) is 5.41 Å². The molecule has 0 bridgehead atoms. The predicted molar refractivity (Wildman–Crippen MR) is 73.7 cm³/mol. The van der Waals surface area contributed by atoms with Gasteiger partial charge in [0.15, 0.2) is 0 Å². The molecule has 0 N–H and O–H groups in total. The van der Waals surface area contributed by atoms with Crippen molar-refractivity contribution < 1.29 is 9.53 Å². The van der Waals surface area contributed by atoms with E-state index in [1.54, 1.807) is 0 Å². The first kappa shape index (κ1) is 14.8. The summed E-state index contributed by atoms with van der Waals surface area (Å²) in [5, 5.41) is 0. The van der Waals surface area contributed by atoms with Crippen molar-refractivity contribution in [1.82, 2.24) is 0 Å². The summed E-state index contributed by atoms with van der Waals surface area (Å²) >= 11 is 0. The molecule has 2 nitrogen and oxygen atoms in total. The minimum atomic E-state index is -0.197. The first-order valence-electron chi connectivity index (χ1n) is 6.78. The van der Waals surface area contributed by atoms with Crippen molar-refractivity contribution in [3.05, 3.63) is 11.3 Å². The largest absolute Gasteiger partial charge is 0.431 e. The van der Waals surface area contributed by atoms with Gasteiger partial charge in [0.1, 0.15) is 5.76 Å². The Bertz CT molecular complexity index is 391. The van der Waals surface area contributed by atoms with Gasteiger partial charge >= 0.3 is 5.97 Å². The zero-order valence-electron chi connectivity index (χ0n) is 12.1. The normalized spacial score (nSPS) is 15.3. The van der Waals surface area contributed by atoms with Gasteiger partial charge in [-0.25, -0.2) is 0 Å². The molecule has 0 aliphatic heterocycles. The third kappa shape index (κ3) is 4.22. The number of carbonyl (C=O) groups is 1. The van der Waals surface area contributed by atoms with E-state index in [9.17, 15) is 4.79 Å². The molecule has 0 fully saturated rings. The van der Waals surface area contributed by atoms with Crippen LogP contribution in [-0.2, 0) is 9.53 Å². The summed E-state index contributed by atoms with van der Waals surface area (Å²) in [6.07, 6.45) is 6.24. The molecular formula is C16H24O2. The fourth-order valence-corrected chi connectivity index (χ4v) is 2.61. The lowest BCUT2D eigenvalue weighted by atomic mass is 9.79. The predicted octanol–water partition coefficient (Wildman–Crippen LogP) is 4.21. The maximum absolute atomic E-state index is 11.1. The van der Waals surface area contributed by atoms with Crippen LogP contribution in [0.4, 0.5) is 0 Å². The van der Waals surface area contributed by atoms with E-state index in [0.717, 1.165) is 44.3 Å². The Balaban J connectivity index is 2.68. The summed E-state index contributed by atoms with van der Waals surface area (Å²) in [5.41, 5.74) is 1.46. The molecule has 0 spiro atoms. The quantitative estimate of drug-likeness (QED) is 0.414. The Kier molecular flexibility index (Phi) is 5.47. The van der Waals surface area contributed by atoms with Crippen LogP contribution < -0.4 is 0 Å². The molecule has 0 saturated heterocycles. The molecule has 0 aromatic carbocycles. The van der Waals surface area contributed by atoms with E-state index in [-0.39, 0.29) is 11.4 Å². The van der Waals surface area contributed by atoms with Crippen LogP contribution in [0.5, 0.6) is 0 Å². The average Bonchev–Trinajstić information content (AvgIpc) is 2.72. The number of hydrogen-bond acceptors (Lipinski definition) is 2. The highest BCUT2D eigenvalue weighted by Gasteiger charge is 2.30. The summed E-state index contributed by atoms with van der Waals surface area (Å²) in [4.78, 5) is 11.1. The highest BCUT2D eigenvalue weighted by atomic mass is 16.5. The number of carbonyl (C=O) groups excluding carboxylic acids is 1. The fourth-order valence-electron chi connectivity index (χ4n) is 2.61. The van der Waals surface area contributed by atoms with E-state index in [4.69, 9.17) is 4.74 Å². The van der Waals surface area contributed by atoms with E-state index in [0.29, 0.717) is 0 Å². The first-order chi connectivity index (χ1) is 8.47. The van der Waals surface area contributed by atoms with Crippen LogP contribution in [0.15, 0.2) is 11.3 Å². The molecular weight excluding hydrogens is 224 g/mol. The van der Waals surface area contributed by atoms with Crippen molar-refractivity contribution >= 4 is 5.97 Å². The SMILES string of the molecule is CC#CCCCC(C)(C)C1=C(OC(C)=O)CCC1. The average molecular weight is 248 g/mol. The van der Waals surface area contributed by atoms with E-state index >= 15 is 0 Å². The summed E-state index contributed by atoms with van der Waals surface area (Å²) in [6.45, 7) is 7.85. The number of ether oxygens (including phenoxy) is 1. The van der Waals surface area contributed by atoms with Gasteiger partial charge in [0.2, 0.25) is 0 Å². The lowest BCUT2D eigenvalue weighted by Gasteiger charge is -2.27. The van der Waals surface area contributed by atoms with Crippen molar-refractivity contribution in [2.75, 3.05) is 0 Å². The number of unbranched alkanes of at least 4 members (excludes halogenated alkanes) is 1. The van der Waals surface area contributed by atoms with Crippen molar-refractivity contribution in [2.45, 2.75) is 66.2 Å². The molecule has 0 atom stereocenters. The van der Waals surface area contributed by atoms with Gasteiger partial charge < -0.3 is 4.74 Å². The summed E-state index contributed by atoms with van der Waals surface area (Å²) in [7, 11) is 0. The Hall–Kier alpha value is -1.23. The smallest absolute Gasteiger partial charge is 0.307 e. The Morgan fingerprint density at radius 2 is 2.11 bits per heavy atom. The zero-order chi connectivity index (χ0) is 13.6. The Morgan fingerprint density at radius 3 is 2.72 bits per heavy atom. The Morgan fingerprint density at radius 1 is 1.39 bits per heavy atom. The van der Waals surface area contributed by atoms with Gasteiger partial charge in [-0.2, -0.15) is 0 Å². The molecule has 0 unspecified atom stereocenters. The first-order valence-corrected chi connectivity index (χ1v) is 6.78. The zero-order valence-corrected chi connectivity index (χ0v) is 12.1. The second-order valence-electron chi connectivity index (χ2n) is 5.51. The van der Waals surface area contributed by atoms with Crippen LogP contribution in [0, 0.1) is 17.3 Å². The molecule has 0 aromatic rings. The molecule has 2 heteroatoms. The summed E-state index contributed by atoms with van der Waals surface area (Å²) in [6, 6.07) is 0. The molecule has 1 aliphatic rings. The molecule has 1 rings (SSSR count). The number of esters is 1. The van der Waals surface area contributed by atoms with Crippen LogP contribution in [-0.4, -0.2) is 5.97 Å². The third-order valence-corrected chi connectivity index (χ3v) is 3.53. The van der Waals surface area contributed by atoms with Crippen LogP contribution >= 0.6 is 0 Å². The lowest BCUT2D eigenvalue weighted by Crippen LogP contribution is -2.16. The van der Waals surface area contributed by atoms with Gasteiger partial charge in [-0.15, -0.1) is 11.8 Å². The summed E-state index contributed by atoms with van der Waals surface area (Å²) in [5.74, 6) is 6.76. The highest BCUT2D eigenvalue weighted by molar-refractivity contribution is 5.67. The van der Waals surface area contributed by atoms with E-state index in [1.807, 2.05) is 6.92 Å². The molecule has 0 heterocycles. The monoisotopic (exact) mass is 248 g/mol. The number of allylic oxidation sites excluding steroid dienone is 2. The molecule has 1 aliphatic carbocycles. The second kappa shape index (κ2) is 6.64. The van der Waals surface area contributed by atoms with Crippen LogP contribution in [0.25, 0.3) is 0 Å². The topological polar surface area (TPSA) is 26.3 Å². The molecule has 0 saturated carbocycles. The van der Waals surface area contributed by atoms with E-state index in [1.165, 1.54) is 12.5 Å². The van der Waals surface area contributed by atoms with E-state index in [2.05, 4.69) is 25.7 Å². The van der Waals surface area contributed by atoms with Crippen LogP contribution in [0.2, 0.25) is 0 Å². The molecule has 0 amide bonds. The van der Waals surface area contributed by atoms with Crippen LogP contribution in [0.1, 0.15) is 66.2 Å². The van der Waals surface area contributed by atoms with E-state index < -0.39 is 0 Å². The minimum Gasteiger partial charge on any atom is -0.431 e. The minimum absolute atomic E-state index is 0.122. The highest BCUT2D eigenvalue weighted by Crippen LogP contribution is 2.42. The standard InChI is InChI=1S/C16H24O2/c1-5-6-7-8-12-16(3,4)14-10-9-11-15(14)18-13(2)17/h7-12H2,1-4H3. The van der Waals surface area contributed by atoms with Crippen molar-refractivity contribution in [3.63, 3.8) is 0 Å². The van der Waals surface area contributed by atoms with Gasteiger partial charge in [-0.3, -0.25) is 4.79 Å². The molecule has 0 radical (unpaired) electrons. The Labute approximate surface area is 111 Å². The molecule has 100 valence electrons. The maximum Gasteiger partial charge on any atom is 0.307 e. The number of hydrogen-bond donors (Lipinski definition) is 0. The van der Waals surface area contributed by atoms with Gasteiger partial charge in [-0.1, -0.05) is 13.8 Å². The van der Waals surface area contributed by atoms with Gasteiger partial charge in [0, 0.05) is 19.8 Å². The fraction of sp³-hybridized carbons (Fsp3) is 0.688. The van der Waals surface area contributed by atoms with Crippen LogP contribution in [0.3, 0.4) is 0 Å². The lowest BCUT2D eigenvalue weighted by molar-refractivity contribution is -0.137. The molecule has 0 aromatic heterocycles.